The van der Waals surface area contributed by atoms with Crippen molar-refractivity contribution in [2.75, 3.05) is 31.1 Å². The van der Waals surface area contributed by atoms with E-state index < -0.39 is 4.92 Å². The minimum atomic E-state index is -0.439. The van der Waals surface area contributed by atoms with E-state index in [1.54, 1.807) is 6.07 Å². The molecule has 9 nitrogen and oxygen atoms in total. The van der Waals surface area contributed by atoms with E-state index in [0.29, 0.717) is 30.9 Å². The Morgan fingerprint density at radius 1 is 1.23 bits per heavy atom. The molecule has 2 saturated heterocycles. The number of nitro groups is 1. The van der Waals surface area contributed by atoms with Gasteiger partial charge in [-0.05, 0) is 11.6 Å². The largest absolute Gasteiger partial charge is 0.373 e. The van der Waals surface area contributed by atoms with Crippen LogP contribution in [0.4, 0.5) is 11.4 Å². The molecular formula is C21H21N5O4. The van der Waals surface area contributed by atoms with Crippen LogP contribution in [0.1, 0.15) is 5.56 Å². The van der Waals surface area contributed by atoms with Gasteiger partial charge in [-0.25, -0.2) is 4.98 Å². The van der Waals surface area contributed by atoms with Crippen LogP contribution in [0, 0.1) is 10.1 Å². The monoisotopic (exact) mass is 407 g/mol. The number of morpholine rings is 1. The van der Waals surface area contributed by atoms with Gasteiger partial charge in [0, 0.05) is 32.2 Å². The molecular weight excluding hydrogens is 386 g/mol. The lowest BCUT2D eigenvalue weighted by Crippen LogP contribution is -2.50. The van der Waals surface area contributed by atoms with Crippen molar-refractivity contribution in [3.05, 3.63) is 74.8 Å². The summed E-state index contributed by atoms with van der Waals surface area (Å²) in [6.45, 7) is 3.45. The summed E-state index contributed by atoms with van der Waals surface area (Å²) >= 11 is 0. The highest BCUT2D eigenvalue weighted by molar-refractivity contribution is 5.87. The van der Waals surface area contributed by atoms with Gasteiger partial charge in [0.2, 0.25) is 0 Å². The third-order valence-corrected chi connectivity index (χ3v) is 5.92. The summed E-state index contributed by atoms with van der Waals surface area (Å²) in [5.74, 6) is 0. The van der Waals surface area contributed by atoms with E-state index >= 15 is 0 Å². The maximum atomic E-state index is 12.0. The van der Waals surface area contributed by atoms with Crippen molar-refractivity contribution in [1.29, 1.82) is 0 Å². The zero-order valence-electron chi connectivity index (χ0n) is 16.2. The Kier molecular flexibility index (Phi) is 4.68. The molecule has 0 saturated carbocycles. The number of rotatable bonds is 4. The Bertz CT molecular complexity index is 1150. The lowest BCUT2D eigenvalue weighted by Gasteiger charge is -2.36. The molecule has 0 spiro atoms. The number of ether oxygens (including phenoxy) is 1. The summed E-state index contributed by atoms with van der Waals surface area (Å²) in [6.07, 6.45) is 1.29. The summed E-state index contributed by atoms with van der Waals surface area (Å²) < 4.78 is 6.00. The summed E-state index contributed by atoms with van der Waals surface area (Å²) in [4.78, 5) is 34.4. The Hall–Kier alpha value is -3.30. The molecule has 2 fully saturated rings. The van der Waals surface area contributed by atoms with Gasteiger partial charge in [-0.15, -0.1) is 0 Å². The summed E-state index contributed by atoms with van der Waals surface area (Å²) in [5.41, 5.74) is 1.67. The van der Waals surface area contributed by atoms with Gasteiger partial charge in [-0.2, -0.15) is 0 Å². The highest BCUT2D eigenvalue weighted by Crippen LogP contribution is 2.36. The van der Waals surface area contributed by atoms with Gasteiger partial charge in [0.1, 0.15) is 5.69 Å². The van der Waals surface area contributed by atoms with Crippen LogP contribution in [0.15, 0.2) is 53.6 Å². The van der Waals surface area contributed by atoms with Crippen LogP contribution in [-0.2, 0) is 11.3 Å². The fourth-order valence-corrected chi connectivity index (χ4v) is 4.46. The third-order valence-electron chi connectivity index (χ3n) is 5.92. The van der Waals surface area contributed by atoms with Crippen LogP contribution in [0.3, 0.4) is 0 Å². The molecule has 2 atom stereocenters. The number of nitrogens with zero attached hydrogens (tertiary/aromatic N) is 4. The molecule has 0 bridgehead atoms. The van der Waals surface area contributed by atoms with Crippen LogP contribution in [-0.4, -0.2) is 58.2 Å². The van der Waals surface area contributed by atoms with Crippen molar-refractivity contribution >= 4 is 22.3 Å². The number of anilines is 1. The molecule has 154 valence electrons. The number of hydrogen-bond donors (Lipinski definition) is 1. The predicted octanol–water partition coefficient (Wildman–Crippen LogP) is 1.92. The second kappa shape index (κ2) is 7.51. The number of nitro benzene ring substituents is 1. The number of H-pyrrole nitrogens is 1. The Balaban J connectivity index is 1.47. The molecule has 0 amide bonds. The van der Waals surface area contributed by atoms with E-state index in [0.717, 1.165) is 13.1 Å². The molecule has 0 aliphatic carbocycles. The summed E-state index contributed by atoms with van der Waals surface area (Å²) in [7, 11) is 0. The molecule has 1 N–H and O–H groups in total. The first-order valence-corrected chi connectivity index (χ1v) is 9.90. The summed E-state index contributed by atoms with van der Waals surface area (Å²) in [5, 5.41) is 12.0. The molecule has 9 heteroatoms. The number of aromatic amines is 1. The molecule has 3 heterocycles. The van der Waals surface area contributed by atoms with Gasteiger partial charge in [0.25, 0.3) is 11.2 Å². The first-order valence-electron chi connectivity index (χ1n) is 9.90. The van der Waals surface area contributed by atoms with Gasteiger partial charge in [0.15, 0.2) is 0 Å². The van der Waals surface area contributed by atoms with Crippen molar-refractivity contribution in [2.45, 2.75) is 18.7 Å². The maximum absolute atomic E-state index is 12.0. The average Bonchev–Trinajstić information content (AvgIpc) is 3.19. The number of hydrogen-bond acceptors (Lipinski definition) is 7. The molecule has 0 radical (unpaired) electrons. The van der Waals surface area contributed by atoms with E-state index in [-0.39, 0.29) is 28.8 Å². The molecule has 3 aromatic rings. The zero-order valence-corrected chi connectivity index (χ0v) is 16.2. The van der Waals surface area contributed by atoms with Crippen LogP contribution >= 0.6 is 0 Å². The normalized spacial score (nSPS) is 21.7. The quantitative estimate of drug-likeness (QED) is 0.520. The first kappa shape index (κ1) is 18.7. The van der Waals surface area contributed by atoms with Gasteiger partial charge in [-0.3, -0.25) is 19.8 Å². The van der Waals surface area contributed by atoms with Gasteiger partial charge in [0.05, 0.1) is 40.9 Å². The second-order valence-electron chi connectivity index (χ2n) is 7.68. The molecule has 2 aliphatic heterocycles. The van der Waals surface area contributed by atoms with Crippen molar-refractivity contribution < 1.29 is 9.66 Å². The Morgan fingerprint density at radius 3 is 2.87 bits per heavy atom. The molecule has 5 rings (SSSR count). The molecule has 2 aromatic carbocycles. The minimum Gasteiger partial charge on any atom is -0.373 e. The number of aromatic nitrogens is 2. The van der Waals surface area contributed by atoms with Gasteiger partial charge < -0.3 is 14.6 Å². The second-order valence-corrected chi connectivity index (χ2v) is 7.68. The van der Waals surface area contributed by atoms with Crippen molar-refractivity contribution in [3.63, 3.8) is 0 Å². The molecule has 2 aliphatic rings. The maximum Gasteiger partial charge on any atom is 0.293 e. The predicted molar refractivity (Wildman–Crippen MR) is 112 cm³/mol. The van der Waals surface area contributed by atoms with Gasteiger partial charge in [-0.1, -0.05) is 30.3 Å². The number of nitrogens with one attached hydrogen (secondary N) is 1. The zero-order chi connectivity index (χ0) is 20.7. The SMILES string of the molecule is O=c1[nH]cnc2cc(N3CC4OCCN(Cc5ccccc5)C4C3)c([N+](=O)[O-])cc12. The fraction of sp³-hybridized carbons (Fsp3) is 0.333. The van der Waals surface area contributed by atoms with Crippen LogP contribution in [0.5, 0.6) is 0 Å². The average molecular weight is 407 g/mol. The Labute approximate surface area is 172 Å². The van der Waals surface area contributed by atoms with Crippen molar-refractivity contribution in [2.24, 2.45) is 0 Å². The highest BCUT2D eigenvalue weighted by atomic mass is 16.6. The highest BCUT2D eigenvalue weighted by Gasteiger charge is 2.41. The molecule has 30 heavy (non-hydrogen) atoms. The third kappa shape index (κ3) is 3.31. The van der Waals surface area contributed by atoms with Crippen LogP contribution < -0.4 is 10.5 Å². The fourth-order valence-electron chi connectivity index (χ4n) is 4.46. The van der Waals surface area contributed by atoms with E-state index in [1.807, 2.05) is 23.1 Å². The number of benzene rings is 2. The van der Waals surface area contributed by atoms with E-state index in [1.165, 1.54) is 18.0 Å². The molecule has 2 unspecified atom stereocenters. The van der Waals surface area contributed by atoms with E-state index in [4.69, 9.17) is 4.74 Å². The lowest BCUT2D eigenvalue weighted by molar-refractivity contribution is -0.384. The summed E-state index contributed by atoms with van der Waals surface area (Å²) in [6, 6.07) is 13.4. The smallest absolute Gasteiger partial charge is 0.293 e. The first-order chi connectivity index (χ1) is 14.6. The van der Waals surface area contributed by atoms with Crippen molar-refractivity contribution in [1.82, 2.24) is 14.9 Å². The topological polar surface area (TPSA) is 105 Å². The van der Waals surface area contributed by atoms with Crippen LogP contribution in [0.2, 0.25) is 0 Å². The van der Waals surface area contributed by atoms with Crippen molar-refractivity contribution in [3.8, 4) is 0 Å². The Morgan fingerprint density at radius 2 is 2.07 bits per heavy atom. The standard InChI is InChI=1S/C21H21N5O4/c27-21-15-8-18(26(28)29)17(9-16(15)22-13-23-21)25-11-19-20(12-25)30-7-6-24(19)10-14-4-2-1-3-5-14/h1-5,8-9,13,19-20H,6-7,10-12H2,(H,22,23,27). The van der Waals surface area contributed by atoms with E-state index in [2.05, 4.69) is 27.0 Å². The molecule has 1 aromatic heterocycles. The van der Waals surface area contributed by atoms with E-state index in [9.17, 15) is 14.9 Å². The number of fused-ring (bicyclic) bond motifs is 2. The minimum absolute atomic E-state index is 0.0232. The van der Waals surface area contributed by atoms with Crippen LogP contribution in [0.25, 0.3) is 10.9 Å². The lowest BCUT2D eigenvalue weighted by atomic mass is 10.1. The van der Waals surface area contributed by atoms with Gasteiger partial charge >= 0.3 is 0 Å².